The van der Waals surface area contributed by atoms with Crippen molar-refractivity contribution in [2.45, 2.75) is 140 Å². The molecule has 0 aromatic carbocycles. The van der Waals surface area contributed by atoms with Gasteiger partial charge in [-0.3, -0.25) is 0 Å². The molecule has 25 nitrogen and oxygen atoms in total. The van der Waals surface area contributed by atoms with Gasteiger partial charge in [0.1, 0.15) is 108 Å². The Morgan fingerprint density at radius 1 is 0.486 bits per heavy atom. The Bertz CT molecular complexity index is 1380. The number of ether oxygens (including phenoxy) is 8. The highest BCUT2D eigenvalue weighted by Crippen LogP contribution is 2.32. The summed E-state index contributed by atoms with van der Waals surface area (Å²) >= 11 is 10.6. The van der Waals surface area contributed by atoms with Gasteiger partial charge in [-0.25, -0.2) is 0 Å². The van der Waals surface area contributed by atoms with Crippen molar-refractivity contribution in [3.8, 4) is 0 Å². The van der Waals surface area contributed by atoms with E-state index in [0.29, 0.717) is 48.8 Å². The van der Waals surface area contributed by atoms with Crippen molar-refractivity contribution in [1.82, 2.24) is 10.6 Å². The first kappa shape index (κ1) is 64.7. The molecule has 0 unspecified atom stereocenters. The highest BCUT2D eigenvalue weighted by molar-refractivity contribution is 8.00. The Balaban J connectivity index is 1.37. The fraction of sp³-hybridized carbons (Fsp3) is 0.976. The summed E-state index contributed by atoms with van der Waals surface area (Å²) < 4.78 is 46.2. The van der Waals surface area contributed by atoms with Crippen LogP contribution < -0.4 is 10.6 Å². The quantitative estimate of drug-likeness (QED) is 0.0220. The van der Waals surface area contributed by atoms with Crippen LogP contribution in [0.4, 0.5) is 0 Å². The molecule has 0 amide bonds. The summed E-state index contributed by atoms with van der Waals surface area (Å²) in [7, 11) is 1.32. The Morgan fingerprint density at radius 2 is 0.861 bits per heavy atom. The van der Waals surface area contributed by atoms with Crippen LogP contribution in [-0.4, -0.2) is 310 Å². The van der Waals surface area contributed by atoms with Crippen molar-refractivity contribution in [3.63, 3.8) is 0 Å². The van der Waals surface area contributed by atoms with E-state index >= 15 is 0 Å². The molecule has 4 saturated heterocycles. The smallest absolute Gasteiger partial charge is 0.186 e. The van der Waals surface area contributed by atoms with Crippen LogP contribution in [0.2, 0.25) is 0 Å². The summed E-state index contributed by atoms with van der Waals surface area (Å²) in [5.41, 5.74) is -3.63. The van der Waals surface area contributed by atoms with Crippen LogP contribution in [0.25, 0.3) is 0 Å². The van der Waals surface area contributed by atoms with Gasteiger partial charge in [-0.05, 0) is 48.7 Å². The van der Waals surface area contributed by atoms with E-state index in [1.165, 1.54) is 54.2 Å². The summed E-state index contributed by atoms with van der Waals surface area (Å²) in [6, 6.07) is 0. The number of hydrogen-bond donors (Lipinski definition) is 17. The molecule has 0 bridgehead atoms. The van der Waals surface area contributed by atoms with Gasteiger partial charge in [0, 0.05) is 51.5 Å². The molecule has 4 heterocycles. The van der Waals surface area contributed by atoms with Crippen molar-refractivity contribution in [1.29, 1.82) is 0 Å². The maximum absolute atomic E-state index is 10.5. The van der Waals surface area contributed by atoms with Crippen molar-refractivity contribution >= 4 is 64.4 Å². The maximum Gasteiger partial charge on any atom is 0.186 e. The Labute approximate surface area is 440 Å². The van der Waals surface area contributed by atoms with E-state index in [1.54, 1.807) is 0 Å². The van der Waals surface area contributed by atoms with Gasteiger partial charge in [0.2, 0.25) is 0 Å². The number of thioether (sulfide) groups is 4. The van der Waals surface area contributed by atoms with E-state index in [9.17, 15) is 76.6 Å². The van der Waals surface area contributed by atoms with Gasteiger partial charge < -0.3 is 125 Å². The molecule has 0 radical (unpaired) electrons. The minimum Gasteiger partial charge on any atom is -0.394 e. The molecule has 0 aromatic heterocycles. The van der Waals surface area contributed by atoms with Crippen LogP contribution in [0.5, 0.6) is 0 Å². The lowest BCUT2D eigenvalue weighted by Crippen LogP contribution is -2.58. The van der Waals surface area contributed by atoms with E-state index < -0.39 is 145 Å². The topological polar surface area (TPSA) is 401 Å². The third-order valence-electron chi connectivity index (χ3n) is 12.3. The molecule has 0 aromatic rings. The van der Waals surface area contributed by atoms with Crippen molar-refractivity contribution in [2.24, 2.45) is 5.41 Å². The normalized spacial score (nSPS) is 37.7. The minimum atomic E-state index is -1.50. The average Bonchev–Trinajstić information content (AvgIpc) is 3.38. The average molecular weight is 1140 g/mol. The van der Waals surface area contributed by atoms with Gasteiger partial charge in [0.25, 0.3) is 0 Å². The third-order valence-corrected chi connectivity index (χ3v) is 17.3. The Kier molecular flexibility index (Phi) is 30.2. The van der Waals surface area contributed by atoms with Crippen LogP contribution in [0.15, 0.2) is 0 Å². The van der Waals surface area contributed by atoms with Crippen molar-refractivity contribution in [3.05, 3.63) is 0 Å². The van der Waals surface area contributed by atoms with Crippen LogP contribution >= 0.6 is 59.3 Å². The summed E-state index contributed by atoms with van der Waals surface area (Å²) in [5.74, 6) is 2.02. The fourth-order valence-corrected chi connectivity index (χ4v) is 12.2. The number of thiocarbonyl (C=S) groups is 1. The molecule has 4 aliphatic rings. The molecule has 20 atom stereocenters. The minimum absolute atomic E-state index is 0.0785. The first-order valence-corrected chi connectivity index (χ1v) is 28.5. The van der Waals surface area contributed by atoms with E-state index in [-0.39, 0.29) is 57.1 Å². The summed E-state index contributed by atoms with van der Waals surface area (Å²) in [4.78, 5) is 0. The van der Waals surface area contributed by atoms with Crippen LogP contribution in [-0.2, 0) is 37.9 Å². The number of hydrogen-bond acceptors (Lipinski definition) is 28. The second-order valence-corrected chi connectivity index (χ2v) is 23.0. The summed E-state index contributed by atoms with van der Waals surface area (Å²) in [6.45, 7) is -0.192. The lowest BCUT2D eigenvalue weighted by atomic mass is 9.90. The van der Waals surface area contributed by atoms with Gasteiger partial charge in [-0.15, -0.1) is 35.3 Å². The third kappa shape index (κ3) is 19.2. The molecule has 4 aliphatic heterocycles. The first-order valence-electron chi connectivity index (χ1n) is 23.8. The highest BCUT2D eigenvalue weighted by atomic mass is 32.2. The van der Waals surface area contributed by atoms with Crippen molar-refractivity contribution in [2.75, 3.05) is 108 Å². The first-order chi connectivity index (χ1) is 34.4. The number of rotatable bonds is 32. The van der Waals surface area contributed by atoms with E-state index in [0.717, 1.165) is 0 Å². The van der Waals surface area contributed by atoms with Gasteiger partial charge in [0.05, 0.1) is 51.2 Å². The SMILES string of the molecule is CO[C@H]1O[C@H](CSCCNC(=S)NCC(COCCCS[C@@H]2O[C@H](CO)[C@@H](O)[C@H](O)[C@H]2O)(COCCCS[C@@H]2O[C@H](CO)[C@@H](O)[C@H](O)[C@H]2O)COCCCS[C@@H]2O[C@H](CO)[C@@H](O)[C@H](O)[C@H]2O)[C@@H](O)[C@H](O)[C@H]1O. The predicted molar refractivity (Wildman–Crippen MR) is 267 cm³/mol. The molecule has 4 fully saturated rings. The molecule has 17 N–H and O–H groups in total. The van der Waals surface area contributed by atoms with E-state index in [2.05, 4.69) is 10.6 Å². The zero-order valence-corrected chi connectivity index (χ0v) is 44.1. The number of nitrogens with one attached hydrogen (secondary N) is 2. The Morgan fingerprint density at radius 3 is 1.24 bits per heavy atom. The molecule has 72 heavy (non-hydrogen) atoms. The summed E-state index contributed by atoms with van der Waals surface area (Å²) in [6.07, 6.45) is -20.9. The monoisotopic (exact) mass is 1140 g/mol. The maximum atomic E-state index is 10.5. The molecule has 0 aliphatic carbocycles. The molecular formula is C42H78N2O23S5. The zero-order valence-electron chi connectivity index (χ0n) is 40.0. The Hall–Kier alpha value is 0.170. The summed E-state index contributed by atoms with van der Waals surface area (Å²) in [5, 5.41) is 159. The number of aliphatic hydroxyl groups excluding tert-OH is 15. The van der Waals surface area contributed by atoms with Gasteiger partial charge in [-0.2, -0.15) is 11.8 Å². The van der Waals surface area contributed by atoms with Gasteiger partial charge in [0.15, 0.2) is 11.4 Å². The molecule has 0 saturated carbocycles. The standard InChI is InChI=1S/C42H78N2O23S5/c1-60-37-33(56)29(52)28(51)24(64-37)16-69-12-5-43-41(68)44-17-42(18-61-6-2-9-70-38-34(57)30(53)25(48)21(13-45)65-38,19-62-7-3-10-71-39-35(58)31(54)26(49)22(14-46)66-39)20-63-8-4-11-72-40-36(59)32(55)27(50)23(15-47)67-40/h21-40,45-59H,2-20H2,1H3,(H2,43,44,68)/t21-,22-,23-,24-,25-,26-,27-,28-,29+,30+,31+,32+,33-,34-,35-,36-,37+,38+,39+,40+/m1/s1. The fourth-order valence-electron chi connectivity index (χ4n) is 7.86. The largest absolute Gasteiger partial charge is 0.394 e. The highest BCUT2D eigenvalue weighted by Gasteiger charge is 2.47. The number of aliphatic hydroxyl groups is 15. The second-order valence-electron chi connectivity index (χ2n) is 17.9. The lowest BCUT2D eigenvalue weighted by Gasteiger charge is -2.39. The molecule has 424 valence electrons. The van der Waals surface area contributed by atoms with Gasteiger partial charge >= 0.3 is 0 Å². The predicted octanol–water partition coefficient (Wildman–Crippen LogP) is -6.56. The van der Waals surface area contributed by atoms with Gasteiger partial charge in [-0.1, -0.05) is 0 Å². The van der Waals surface area contributed by atoms with Crippen LogP contribution in [0.1, 0.15) is 19.3 Å². The molecular weight excluding hydrogens is 1060 g/mol. The zero-order chi connectivity index (χ0) is 53.0. The molecule has 0 spiro atoms. The van der Waals surface area contributed by atoms with E-state index in [4.69, 9.17) is 50.1 Å². The van der Waals surface area contributed by atoms with Crippen LogP contribution in [0.3, 0.4) is 0 Å². The molecule has 4 rings (SSSR count). The van der Waals surface area contributed by atoms with Crippen LogP contribution in [0, 0.1) is 5.41 Å². The van der Waals surface area contributed by atoms with Crippen molar-refractivity contribution < 1.29 is 114 Å². The lowest BCUT2D eigenvalue weighted by molar-refractivity contribution is -0.284. The number of methoxy groups -OCH3 is 1. The molecule has 30 heteroatoms. The second kappa shape index (κ2) is 33.6. The van der Waals surface area contributed by atoms with E-state index in [1.807, 2.05) is 0 Å².